The predicted molar refractivity (Wildman–Crippen MR) is 77.9 cm³/mol. The minimum absolute atomic E-state index is 0.265. The summed E-state index contributed by atoms with van der Waals surface area (Å²) in [5.41, 5.74) is -0.779. The van der Waals surface area contributed by atoms with Gasteiger partial charge in [0.1, 0.15) is 11.4 Å². The number of nitrogens with one attached hydrogen (secondary N) is 1. The lowest BCUT2D eigenvalue weighted by atomic mass is 9.81. The maximum atomic E-state index is 11.6. The molecule has 1 aliphatic rings. The van der Waals surface area contributed by atoms with Crippen LogP contribution in [-0.2, 0) is 11.8 Å². The van der Waals surface area contributed by atoms with E-state index in [2.05, 4.69) is 15.5 Å². The number of aliphatic carboxylic acids is 1. The highest BCUT2D eigenvalue weighted by molar-refractivity contribution is 7.99. The van der Waals surface area contributed by atoms with E-state index in [9.17, 15) is 9.90 Å². The lowest BCUT2D eigenvalue weighted by Gasteiger charge is -2.37. The van der Waals surface area contributed by atoms with E-state index in [4.69, 9.17) is 0 Å². The van der Waals surface area contributed by atoms with E-state index < -0.39 is 11.5 Å². The van der Waals surface area contributed by atoms with Crippen molar-refractivity contribution in [1.82, 2.24) is 20.1 Å². The Hall–Kier alpha value is -1.08. The molecule has 1 aliphatic carbocycles. The number of hydrogen-bond donors (Lipinski definition) is 2. The second-order valence-corrected chi connectivity index (χ2v) is 6.61. The molecular formula is C13H22N4O2S. The molecule has 0 radical (unpaired) electrons. The van der Waals surface area contributed by atoms with E-state index in [0.717, 1.165) is 23.8 Å². The molecule has 0 spiro atoms. The molecule has 0 saturated heterocycles. The molecule has 2 rings (SSSR count). The minimum Gasteiger partial charge on any atom is -0.480 e. The standard InChI is InChI=1S/C13H22N4O2S/c1-4-14-13(11(18)19)7-5-6-10(8-13)20-12-16-15-9(2)17(12)3/h10,14H,4-8H2,1-3H3,(H,18,19). The average molecular weight is 298 g/mol. The lowest BCUT2D eigenvalue weighted by molar-refractivity contribution is -0.146. The molecule has 2 atom stereocenters. The molecule has 1 fully saturated rings. The van der Waals surface area contributed by atoms with Gasteiger partial charge in [-0.15, -0.1) is 10.2 Å². The quantitative estimate of drug-likeness (QED) is 0.859. The fourth-order valence-corrected chi connectivity index (χ4v) is 4.06. The Morgan fingerprint density at radius 3 is 2.90 bits per heavy atom. The van der Waals surface area contributed by atoms with Crippen molar-refractivity contribution in [3.63, 3.8) is 0 Å². The van der Waals surface area contributed by atoms with Gasteiger partial charge in [-0.1, -0.05) is 18.7 Å². The largest absolute Gasteiger partial charge is 0.480 e. The van der Waals surface area contributed by atoms with E-state index in [1.165, 1.54) is 0 Å². The first-order valence-electron chi connectivity index (χ1n) is 6.99. The van der Waals surface area contributed by atoms with Gasteiger partial charge in [-0.25, -0.2) is 0 Å². The topological polar surface area (TPSA) is 80.0 Å². The van der Waals surface area contributed by atoms with Crippen molar-refractivity contribution in [2.24, 2.45) is 7.05 Å². The molecular weight excluding hydrogens is 276 g/mol. The first-order valence-corrected chi connectivity index (χ1v) is 7.87. The predicted octanol–water partition coefficient (Wildman–Crippen LogP) is 1.59. The van der Waals surface area contributed by atoms with Crippen LogP contribution in [0.1, 0.15) is 38.4 Å². The van der Waals surface area contributed by atoms with Crippen molar-refractivity contribution in [2.45, 2.75) is 55.5 Å². The Morgan fingerprint density at radius 2 is 2.35 bits per heavy atom. The van der Waals surface area contributed by atoms with Crippen LogP contribution >= 0.6 is 11.8 Å². The van der Waals surface area contributed by atoms with Crippen LogP contribution in [0.3, 0.4) is 0 Å². The molecule has 112 valence electrons. The number of rotatable bonds is 5. The van der Waals surface area contributed by atoms with Gasteiger partial charge >= 0.3 is 5.97 Å². The van der Waals surface area contributed by atoms with Crippen molar-refractivity contribution in [3.05, 3.63) is 5.82 Å². The van der Waals surface area contributed by atoms with Gasteiger partial charge in [0.2, 0.25) is 0 Å². The summed E-state index contributed by atoms with van der Waals surface area (Å²) in [5, 5.41) is 22.1. The SMILES string of the molecule is CCNC1(C(=O)O)CCCC(Sc2nnc(C)n2C)C1. The summed E-state index contributed by atoms with van der Waals surface area (Å²) in [6.07, 6.45) is 3.28. The summed E-state index contributed by atoms with van der Waals surface area (Å²) in [6.45, 7) is 4.54. The Bertz CT molecular complexity index is 487. The Kier molecular flexibility index (Phi) is 4.70. The molecule has 20 heavy (non-hydrogen) atoms. The van der Waals surface area contributed by atoms with Crippen LogP contribution in [-0.4, -0.2) is 43.2 Å². The zero-order chi connectivity index (χ0) is 14.8. The van der Waals surface area contributed by atoms with Crippen molar-refractivity contribution in [2.75, 3.05) is 6.54 Å². The summed E-state index contributed by atoms with van der Waals surface area (Å²) < 4.78 is 1.95. The average Bonchev–Trinajstić information content (AvgIpc) is 2.71. The minimum atomic E-state index is -0.779. The summed E-state index contributed by atoms with van der Waals surface area (Å²) in [5.74, 6) is 0.137. The van der Waals surface area contributed by atoms with Crippen LogP contribution in [0.4, 0.5) is 0 Å². The van der Waals surface area contributed by atoms with Crippen molar-refractivity contribution >= 4 is 17.7 Å². The number of thioether (sulfide) groups is 1. The molecule has 1 aromatic heterocycles. The second kappa shape index (κ2) is 6.13. The van der Waals surface area contributed by atoms with E-state index in [-0.39, 0.29) is 5.25 Å². The van der Waals surface area contributed by atoms with Gasteiger partial charge in [-0.05, 0) is 39.2 Å². The smallest absolute Gasteiger partial charge is 0.323 e. The zero-order valence-corrected chi connectivity index (χ0v) is 13.0. The van der Waals surface area contributed by atoms with Gasteiger partial charge < -0.3 is 15.0 Å². The highest BCUT2D eigenvalue weighted by Crippen LogP contribution is 2.37. The normalized spacial score (nSPS) is 26.6. The van der Waals surface area contributed by atoms with Gasteiger partial charge in [-0.2, -0.15) is 0 Å². The fourth-order valence-electron chi connectivity index (χ4n) is 2.73. The molecule has 0 aliphatic heterocycles. The third-order valence-corrected chi connectivity index (χ3v) is 5.26. The van der Waals surface area contributed by atoms with E-state index in [1.54, 1.807) is 11.8 Å². The molecule has 6 nitrogen and oxygen atoms in total. The molecule has 2 N–H and O–H groups in total. The second-order valence-electron chi connectivity index (χ2n) is 5.34. The molecule has 1 heterocycles. The highest BCUT2D eigenvalue weighted by Gasteiger charge is 2.42. The highest BCUT2D eigenvalue weighted by atomic mass is 32.2. The summed E-state index contributed by atoms with van der Waals surface area (Å²) in [6, 6.07) is 0. The molecule has 0 bridgehead atoms. The summed E-state index contributed by atoms with van der Waals surface area (Å²) in [7, 11) is 1.94. The van der Waals surface area contributed by atoms with Crippen LogP contribution in [0.5, 0.6) is 0 Å². The molecule has 0 aromatic carbocycles. The number of likely N-dealkylation sites (N-methyl/N-ethyl adjacent to an activating group) is 1. The third-order valence-electron chi connectivity index (χ3n) is 3.96. The van der Waals surface area contributed by atoms with Crippen LogP contribution in [0.2, 0.25) is 0 Å². The van der Waals surface area contributed by atoms with Gasteiger partial charge in [0, 0.05) is 12.3 Å². The number of hydrogen-bond acceptors (Lipinski definition) is 5. The lowest BCUT2D eigenvalue weighted by Crippen LogP contribution is -2.55. The number of aromatic nitrogens is 3. The molecule has 0 amide bonds. The number of aryl methyl sites for hydroxylation is 1. The first kappa shape index (κ1) is 15.3. The maximum absolute atomic E-state index is 11.6. The number of nitrogens with zero attached hydrogens (tertiary/aromatic N) is 3. The van der Waals surface area contributed by atoms with Gasteiger partial charge in [-0.3, -0.25) is 4.79 Å². The van der Waals surface area contributed by atoms with Crippen LogP contribution in [0.25, 0.3) is 0 Å². The summed E-state index contributed by atoms with van der Waals surface area (Å²) >= 11 is 1.64. The molecule has 1 saturated carbocycles. The van der Waals surface area contributed by atoms with E-state index >= 15 is 0 Å². The molecule has 7 heteroatoms. The fraction of sp³-hybridized carbons (Fsp3) is 0.769. The van der Waals surface area contributed by atoms with Gasteiger partial charge in [0.15, 0.2) is 5.16 Å². The molecule has 2 unspecified atom stereocenters. The van der Waals surface area contributed by atoms with E-state index in [0.29, 0.717) is 19.4 Å². The Labute approximate surface area is 123 Å². The van der Waals surface area contributed by atoms with Crippen molar-refractivity contribution in [1.29, 1.82) is 0 Å². The van der Waals surface area contributed by atoms with Crippen molar-refractivity contribution in [3.8, 4) is 0 Å². The monoisotopic (exact) mass is 298 g/mol. The van der Waals surface area contributed by atoms with E-state index in [1.807, 2.05) is 25.5 Å². The van der Waals surface area contributed by atoms with Gasteiger partial charge in [0.25, 0.3) is 0 Å². The number of carbonyl (C=O) groups is 1. The van der Waals surface area contributed by atoms with Crippen LogP contribution in [0, 0.1) is 6.92 Å². The van der Waals surface area contributed by atoms with Crippen LogP contribution in [0.15, 0.2) is 5.16 Å². The zero-order valence-electron chi connectivity index (χ0n) is 12.2. The molecule has 1 aromatic rings. The Morgan fingerprint density at radius 1 is 1.60 bits per heavy atom. The first-order chi connectivity index (χ1) is 9.48. The summed E-state index contributed by atoms with van der Waals surface area (Å²) in [4.78, 5) is 11.6. The van der Waals surface area contributed by atoms with Gasteiger partial charge in [0.05, 0.1) is 0 Å². The number of carboxylic acid groups (broad SMARTS) is 1. The Balaban J connectivity index is 2.10. The third kappa shape index (κ3) is 2.98. The maximum Gasteiger partial charge on any atom is 0.323 e. The number of carboxylic acids is 1. The van der Waals surface area contributed by atoms with Crippen LogP contribution < -0.4 is 5.32 Å². The van der Waals surface area contributed by atoms with Crippen molar-refractivity contribution < 1.29 is 9.90 Å².